The molecule has 39 heavy (non-hydrogen) atoms. The van der Waals surface area contributed by atoms with E-state index in [2.05, 4.69) is 14.8 Å². The largest absolute Gasteiger partial charge is 0.490 e. The Bertz CT molecular complexity index is 1460. The first kappa shape index (κ1) is 31.8. The number of aromatic carboxylic acids is 1. The van der Waals surface area contributed by atoms with Crippen LogP contribution in [-0.2, 0) is 27.8 Å². The highest BCUT2D eigenvalue weighted by atomic mass is 35.5. The number of aromatic nitrogens is 3. The van der Waals surface area contributed by atoms with Crippen LogP contribution in [0, 0.1) is 13.8 Å². The molecule has 0 radical (unpaired) electrons. The van der Waals surface area contributed by atoms with Crippen molar-refractivity contribution in [1.29, 1.82) is 0 Å². The van der Waals surface area contributed by atoms with Crippen molar-refractivity contribution < 1.29 is 41.4 Å². The molecular formula is C22H25ClF3N5O6S2. The number of halogens is 4. The third-order valence-electron chi connectivity index (χ3n) is 5.29. The number of carboxylic acids is 2. The van der Waals surface area contributed by atoms with Gasteiger partial charge >= 0.3 is 18.1 Å². The Kier molecular flexibility index (Phi) is 10.3. The highest BCUT2D eigenvalue weighted by Gasteiger charge is 2.38. The number of aliphatic carboxylic acids is 1. The van der Waals surface area contributed by atoms with E-state index in [1.54, 1.807) is 11.9 Å². The van der Waals surface area contributed by atoms with Crippen LogP contribution in [-0.4, -0.2) is 65.1 Å². The van der Waals surface area contributed by atoms with Crippen molar-refractivity contribution in [3.63, 3.8) is 0 Å². The minimum absolute atomic E-state index is 0.0268. The quantitative estimate of drug-likeness (QED) is 0.318. The molecule has 0 bridgehead atoms. The Morgan fingerprint density at radius 2 is 1.85 bits per heavy atom. The maximum absolute atomic E-state index is 12.5. The Balaban J connectivity index is 0.000000673. The third kappa shape index (κ3) is 8.31. The second kappa shape index (κ2) is 12.7. The maximum atomic E-state index is 12.5. The van der Waals surface area contributed by atoms with Gasteiger partial charge in [0, 0.05) is 25.8 Å². The Hall–Kier alpha value is -3.37. The number of carboxylic acid groups (broad SMARTS) is 2. The lowest BCUT2D eigenvalue weighted by Gasteiger charge is -2.21. The predicted octanol–water partition coefficient (Wildman–Crippen LogP) is 4.44. The van der Waals surface area contributed by atoms with Crippen LogP contribution in [0.2, 0.25) is 4.34 Å². The number of aryl methyl sites for hydroxylation is 2. The number of anilines is 2. The molecule has 3 heterocycles. The fourth-order valence-electron chi connectivity index (χ4n) is 3.41. The van der Waals surface area contributed by atoms with E-state index in [0.717, 1.165) is 34.8 Å². The normalized spacial score (nSPS) is 11.5. The van der Waals surface area contributed by atoms with E-state index in [1.807, 2.05) is 25.5 Å². The van der Waals surface area contributed by atoms with Gasteiger partial charge in [-0.05, 0) is 51.0 Å². The third-order valence-corrected chi connectivity index (χ3v) is 8.40. The van der Waals surface area contributed by atoms with Crippen molar-refractivity contribution >= 4 is 56.4 Å². The number of nitrogens with zero attached hydrogens (tertiary/aromatic N) is 4. The van der Waals surface area contributed by atoms with Gasteiger partial charge in [0.15, 0.2) is 0 Å². The first-order valence-electron chi connectivity index (χ1n) is 11.0. The van der Waals surface area contributed by atoms with Gasteiger partial charge in [-0.15, -0.1) is 11.3 Å². The molecule has 0 amide bonds. The van der Waals surface area contributed by atoms with E-state index in [4.69, 9.17) is 21.5 Å². The van der Waals surface area contributed by atoms with Gasteiger partial charge in [0.25, 0.3) is 10.0 Å². The molecule has 0 aliphatic heterocycles. The van der Waals surface area contributed by atoms with Gasteiger partial charge in [-0.3, -0.25) is 9.40 Å². The van der Waals surface area contributed by atoms with Crippen LogP contribution in [0.4, 0.5) is 24.7 Å². The van der Waals surface area contributed by atoms with Gasteiger partial charge in [0.05, 0.1) is 21.9 Å². The van der Waals surface area contributed by atoms with Crippen molar-refractivity contribution in [3.05, 3.63) is 51.2 Å². The molecule has 0 aliphatic rings. The number of carbonyl (C=O) groups is 2. The van der Waals surface area contributed by atoms with Crippen LogP contribution >= 0.6 is 22.9 Å². The molecule has 0 saturated carbocycles. The molecule has 0 saturated heterocycles. The predicted molar refractivity (Wildman–Crippen MR) is 139 cm³/mol. The zero-order valence-corrected chi connectivity index (χ0v) is 23.5. The van der Waals surface area contributed by atoms with Crippen LogP contribution in [0.1, 0.15) is 34.2 Å². The topological polar surface area (TPSA) is 155 Å². The summed E-state index contributed by atoms with van der Waals surface area (Å²) in [7, 11) is -2.14. The average molecular weight is 612 g/mol. The van der Waals surface area contributed by atoms with Gasteiger partial charge in [0.1, 0.15) is 15.6 Å². The lowest BCUT2D eigenvalue weighted by Crippen LogP contribution is -2.24. The second-order valence-corrected chi connectivity index (χ2v) is 11.6. The molecular weight excluding hydrogens is 587 g/mol. The fraction of sp³-hybridized carbons (Fsp3) is 0.364. The molecule has 0 aliphatic carbocycles. The molecule has 11 nitrogen and oxygen atoms in total. The van der Waals surface area contributed by atoms with Gasteiger partial charge in [-0.1, -0.05) is 11.6 Å². The van der Waals surface area contributed by atoms with E-state index >= 15 is 0 Å². The summed E-state index contributed by atoms with van der Waals surface area (Å²) in [6, 6.07) is 4.13. The molecule has 3 aromatic heterocycles. The Morgan fingerprint density at radius 3 is 2.31 bits per heavy atom. The van der Waals surface area contributed by atoms with E-state index in [1.165, 1.54) is 24.4 Å². The SMILES string of the molecule is CCn1nc(C)c(CCN(C)c2ncc(NS(=O)(=O)c3ccc(Cl)s3)cc2C(=O)O)c1C.O=C(O)C(F)(F)F. The zero-order valence-electron chi connectivity index (χ0n) is 21.1. The van der Waals surface area contributed by atoms with Gasteiger partial charge in [0.2, 0.25) is 0 Å². The minimum Gasteiger partial charge on any atom is -0.478 e. The van der Waals surface area contributed by atoms with E-state index in [-0.39, 0.29) is 21.3 Å². The summed E-state index contributed by atoms with van der Waals surface area (Å²) in [5.74, 6) is -3.71. The van der Waals surface area contributed by atoms with E-state index in [9.17, 15) is 31.5 Å². The average Bonchev–Trinajstić information content (AvgIpc) is 3.39. The molecule has 0 aromatic carbocycles. The molecule has 0 spiro atoms. The molecule has 0 unspecified atom stereocenters. The number of likely N-dealkylation sites (N-methyl/N-ethyl adjacent to an activating group) is 1. The summed E-state index contributed by atoms with van der Waals surface area (Å²) >= 11 is 6.73. The van der Waals surface area contributed by atoms with Crippen molar-refractivity contribution in [2.45, 2.75) is 44.1 Å². The maximum Gasteiger partial charge on any atom is 0.490 e. The number of rotatable bonds is 9. The number of thiophene rings is 1. The smallest absolute Gasteiger partial charge is 0.478 e. The molecule has 0 fully saturated rings. The Morgan fingerprint density at radius 1 is 1.23 bits per heavy atom. The number of hydrogen-bond acceptors (Lipinski definition) is 8. The minimum atomic E-state index is -5.08. The summed E-state index contributed by atoms with van der Waals surface area (Å²) in [4.78, 5) is 26.7. The summed E-state index contributed by atoms with van der Waals surface area (Å²) in [6.45, 7) is 7.30. The number of pyridine rings is 1. The van der Waals surface area contributed by atoms with Crippen LogP contribution in [0.5, 0.6) is 0 Å². The van der Waals surface area contributed by atoms with Crippen molar-refractivity contribution in [2.75, 3.05) is 23.2 Å². The number of sulfonamides is 1. The van der Waals surface area contributed by atoms with Crippen LogP contribution in [0.3, 0.4) is 0 Å². The van der Waals surface area contributed by atoms with Crippen molar-refractivity contribution in [3.8, 4) is 0 Å². The molecule has 3 N–H and O–H groups in total. The van der Waals surface area contributed by atoms with E-state index < -0.39 is 28.1 Å². The number of hydrogen-bond donors (Lipinski definition) is 3. The van der Waals surface area contributed by atoms with Crippen LogP contribution in [0.25, 0.3) is 0 Å². The van der Waals surface area contributed by atoms with Gasteiger partial charge < -0.3 is 15.1 Å². The first-order valence-corrected chi connectivity index (χ1v) is 13.7. The highest BCUT2D eigenvalue weighted by molar-refractivity contribution is 7.94. The highest BCUT2D eigenvalue weighted by Crippen LogP contribution is 2.28. The summed E-state index contributed by atoms with van der Waals surface area (Å²) in [6.07, 6.45) is -3.11. The summed E-state index contributed by atoms with van der Waals surface area (Å²) < 4.78 is 61.4. The fourth-order valence-corrected chi connectivity index (χ4v) is 5.93. The monoisotopic (exact) mass is 611 g/mol. The number of nitrogens with one attached hydrogen (secondary N) is 1. The van der Waals surface area contributed by atoms with Crippen molar-refractivity contribution in [2.24, 2.45) is 0 Å². The summed E-state index contributed by atoms with van der Waals surface area (Å²) in [5, 5.41) is 21.3. The Labute approximate surface area is 230 Å². The zero-order chi connectivity index (χ0) is 29.7. The molecule has 3 rings (SSSR count). The molecule has 17 heteroatoms. The first-order chi connectivity index (χ1) is 18.0. The van der Waals surface area contributed by atoms with E-state index in [0.29, 0.717) is 17.3 Å². The lowest BCUT2D eigenvalue weighted by atomic mass is 10.1. The standard InChI is InChI=1S/C20H24ClN5O4S2.C2HF3O2/c1-5-26-13(3)15(12(2)23-26)8-9-25(4)19-16(20(27)28)10-14(11-22-19)24-32(29,30)18-7-6-17(21)31-18;3-2(4,5)1(6)7/h6-7,10-11,24H,5,8-9H2,1-4H3,(H,27,28);(H,6,7). The van der Waals surface area contributed by atoms with Crippen molar-refractivity contribution in [1.82, 2.24) is 14.8 Å². The molecule has 0 atom stereocenters. The van der Waals surface area contributed by atoms with Crippen LogP contribution in [0.15, 0.2) is 28.6 Å². The lowest BCUT2D eigenvalue weighted by molar-refractivity contribution is -0.192. The molecule has 214 valence electrons. The van der Waals surface area contributed by atoms with Crippen LogP contribution < -0.4 is 9.62 Å². The molecule has 3 aromatic rings. The number of alkyl halides is 3. The van der Waals surface area contributed by atoms with Gasteiger partial charge in [-0.25, -0.2) is 23.0 Å². The summed E-state index contributed by atoms with van der Waals surface area (Å²) in [5.41, 5.74) is 3.11. The van der Waals surface area contributed by atoms with Gasteiger partial charge in [-0.2, -0.15) is 18.3 Å². The second-order valence-electron chi connectivity index (χ2n) is 8.00.